The number of aromatic nitrogens is 3. The molecule has 3 aromatic rings. The van der Waals surface area contributed by atoms with Crippen LogP contribution in [0.1, 0.15) is 19.5 Å². The van der Waals surface area contributed by atoms with E-state index in [9.17, 15) is 4.79 Å². The summed E-state index contributed by atoms with van der Waals surface area (Å²) in [6, 6.07) is 5.70. The van der Waals surface area contributed by atoms with Gasteiger partial charge in [-0.15, -0.1) is 0 Å². The summed E-state index contributed by atoms with van der Waals surface area (Å²) in [5.41, 5.74) is 2.19. The molecule has 0 unspecified atom stereocenters. The molecule has 30 heavy (non-hydrogen) atoms. The molecule has 1 amide bonds. The largest absolute Gasteiger partial charge is 0.463 e. The molecule has 4 rings (SSSR count). The summed E-state index contributed by atoms with van der Waals surface area (Å²) >= 11 is 0. The molecule has 158 valence electrons. The predicted molar refractivity (Wildman–Crippen MR) is 112 cm³/mol. The molecular weight excluding hydrogens is 384 g/mol. The number of furan rings is 1. The van der Waals surface area contributed by atoms with Gasteiger partial charge in [0.05, 0.1) is 24.1 Å². The van der Waals surface area contributed by atoms with E-state index in [1.165, 1.54) is 0 Å². The summed E-state index contributed by atoms with van der Waals surface area (Å²) in [6.07, 6.45) is 3.37. The Balaban J connectivity index is 1.50. The van der Waals surface area contributed by atoms with Crippen LogP contribution in [-0.4, -0.2) is 64.7 Å². The van der Waals surface area contributed by atoms with Gasteiger partial charge in [0.25, 0.3) is 0 Å². The number of nitrogens with zero attached hydrogens (tertiary/aromatic N) is 5. The van der Waals surface area contributed by atoms with Crippen LogP contribution in [-0.2, 0) is 4.79 Å². The highest BCUT2D eigenvalue weighted by Crippen LogP contribution is 2.32. The van der Waals surface area contributed by atoms with Crippen molar-refractivity contribution in [2.24, 2.45) is 0 Å². The van der Waals surface area contributed by atoms with Gasteiger partial charge in [0.2, 0.25) is 11.9 Å². The van der Waals surface area contributed by atoms with E-state index in [1.807, 2.05) is 39.0 Å². The number of nitrogens with one attached hydrogen (secondary N) is 1. The lowest BCUT2D eigenvalue weighted by molar-refractivity contribution is -0.122. The van der Waals surface area contributed by atoms with Crippen molar-refractivity contribution in [3.05, 3.63) is 36.4 Å². The Morgan fingerprint density at radius 2 is 2.03 bits per heavy atom. The summed E-state index contributed by atoms with van der Waals surface area (Å²) < 4.78 is 11.0. The third kappa shape index (κ3) is 4.51. The number of hydrogen-bond donors (Lipinski definition) is 1. The molecule has 0 atom stereocenters. The van der Waals surface area contributed by atoms with E-state index >= 15 is 0 Å². The molecule has 1 fully saturated rings. The number of amides is 1. The summed E-state index contributed by atoms with van der Waals surface area (Å²) in [5.74, 6) is 1.94. The molecule has 1 N–H and O–H groups in total. The fourth-order valence-corrected chi connectivity index (χ4v) is 3.47. The number of carbonyl (C=O) groups is 1. The lowest BCUT2D eigenvalue weighted by Crippen LogP contribution is -2.50. The summed E-state index contributed by atoms with van der Waals surface area (Å²) in [5, 5.41) is 6.90. The highest BCUT2D eigenvalue weighted by molar-refractivity contribution is 5.78. The molecule has 9 heteroatoms. The zero-order valence-corrected chi connectivity index (χ0v) is 17.5. The molecule has 0 aromatic carbocycles. The van der Waals surface area contributed by atoms with Gasteiger partial charge in [-0.05, 0) is 32.9 Å². The topological polar surface area (TPSA) is 101 Å². The second-order valence-corrected chi connectivity index (χ2v) is 7.73. The van der Waals surface area contributed by atoms with Crippen LogP contribution in [0, 0.1) is 6.92 Å². The van der Waals surface area contributed by atoms with Crippen LogP contribution in [0.15, 0.2) is 39.6 Å². The van der Waals surface area contributed by atoms with Crippen LogP contribution in [0.5, 0.6) is 0 Å². The summed E-state index contributed by atoms with van der Waals surface area (Å²) in [4.78, 5) is 25.6. The zero-order valence-electron chi connectivity index (χ0n) is 17.5. The first-order valence-electron chi connectivity index (χ1n) is 10.1. The van der Waals surface area contributed by atoms with Crippen LogP contribution in [0.25, 0.3) is 22.8 Å². The Hall–Kier alpha value is -3.20. The van der Waals surface area contributed by atoms with Crippen molar-refractivity contribution < 1.29 is 13.7 Å². The predicted octanol–water partition coefficient (Wildman–Crippen LogP) is 2.35. The van der Waals surface area contributed by atoms with Gasteiger partial charge in [-0.25, -0.2) is 9.97 Å². The number of carbonyl (C=O) groups excluding carboxylic acids is 1. The Morgan fingerprint density at radius 3 is 2.67 bits per heavy atom. The standard InChI is InChI=1S/C21H26N6O3/c1-14(2)23-19(28)13-26-6-8-27(9-7-26)21-22-12-16(18-11-15(3)25-30-18)20(24-21)17-5-4-10-29-17/h4-5,10-12,14H,6-9,13H2,1-3H3,(H,23,28). The molecule has 1 saturated heterocycles. The fourth-order valence-electron chi connectivity index (χ4n) is 3.47. The van der Waals surface area contributed by atoms with Crippen molar-refractivity contribution >= 4 is 11.9 Å². The normalized spacial score (nSPS) is 15.0. The zero-order chi connectivity index (χ0) is 21.1. The molecule has 0 radical (unpaired) electrons. The van der Waals surface area contributed by atoms with Crippen LogP contribution < -0.4 is 10.2 Å². The van der Waals surface area contributed by atoms with Gasteiger partial charge < -0.3 is 19.2 Å². The Morgan fingerprint density at radius 1 is 1.23 bits per heavy atom. The highest BCUT2D eigenvalue weighted by Gasteiger charge is 2.23. The lowest BCUT2D eigenvalue weighted by atomic mass is 10.1. The maximum atomic E-state index is 12.0. The van der Waals surface area contributed by atoms with Crippen molar-refractivity contribution in [3.63, 3.8) is 0 Å². The average molecular weight is 410 g/mol. The van der Waals surface area contributed by atoms with Crippen molar-refractivity contribution in [1.82, 2.24) is 25.3 Å². The van der Waals surface area contributed by atoms with Gasteiger partial charge in [-0.2, -0.15) is 0 Å². The molecule has 0 aliphatic carbocycles. The van der Waals surface area contributed by atoms with E-state index < -0.39 is 0 Å². The van der Waals surface area contributed by atoms with E-state index in [0.717, 1.165) is 37.4 Å². The van der Waals surface area contributed by atoms with Crippen LogP contribution >= 0.6 is 0 Å². The minimum Gasteiger partial charge on any atom is -0.463 e. The Bertz CT molecular complexity index is 990. The first-order chi connectivity index (χ1) is 14.5. The monoisotopic (exact) mass is 410 g/mol. The maximum absolute atomic E-state index is 12.0. The quantitative estimate of drug-likeness (QED) is 0.661. The second-order valence-electron chi connectivity index (χ2n) is 7.73. The number of hydrogen-bond acceptors (Lipinski definition) is 8. The van der Waals surface area contributed by atoms with Gasteiger partial charge in [-0.1, -0.05) is 5.16 Å². The molecular formula is C21H26N6O3. The van der Waals surface area contributed by atoms with Crippen LogP contribution in [0.4, 0.5) is 5.95 Å². The van der Waals surface area contributed by atoms with E-state index in [2.05, 4.69) is 25.3 Å². The molecule has 0 saturated carbocycles. The molecule has 4 heterocycles. The van der Waals surface area contributed by atoms with Gasteiger partial charge in [-0.3, -0.25) is 9.69 Å². The maximum Gasteiger partial charge on any atom is 0.234 e. The number of aryl methyl sites for hydroxylation is 1. The first-order valence-corrected chi connectivity index (χ1v) is 10.1. The SMILES string of the molecule is Cc1cc(-c2cnc(N3CCN(CC(=O)NC(C)C)CC3)nc2-c2ccco2)on1. The molecule has 0 bridgehead atoms. The molecule has 9 nitrogen and oxygen atoms in total. The van der Waals surface area contributed by atoms with E-state index in [0.29, 0.717) is 29.7 Å². The number of anilines is 1. The Labute approximate surface area is 175 Å². The Kier molecular flexibility index (Phi) is 5.80. The minimum absolute atomic E-state index is 0.0570. The molecule has 0 spiro atoms. The van der Waals surface area contributed by atoms with E-state index in [-0.39, 0.29) is 11.9 Å². The summed E-state index contributed by atoms with van der Waals surface area (Å²) in [7, 11) is 0. The van der Waals surface area contributed by atoms with Gasteiger partial charge in [0.15, 0.2) is 11.5 Å². The van der Waals surface area contributed by atoms with Gasteiger partial charge in [0, 0.05) is 44.5 Å². The third-order valence-electron chi connectivity index (χ3n) is 4.90. The number of rotatable bonds is 6. The van der Waals surface area contributed by atoms with E-state index in [1.54, 1.807) is 12.5 Å². The van der Waals surface area contributed by atoms with E-state index in [4.69, 9.17) is 13.9 Å². The third-order valence-corrected chi connectivity index (χ3v) is 4.90. The second kappa shape index (κ2) is 8.66. The molecule has 3 aromatic heterocycles. The van der Waals surface area contributed by atoms with Gasteiger partial charge in [0.1, 0.15) is 5.69 Å². The molecule has 1 aliphatic heterocycles. The van der Waals surface area contributed by atoms with Crippen molar-refractivity contribution in [2.75, 3.05) is 37.6 Å². The van der Waals surface area contributed by atoms with Crippen molar-refractivity contribution in [2.45, 2.75) is 26.8 Å². The van der Waals surface area contributed by atoms with Crippen LogP contribution in [0.2, 0.25) is 0 Å². The minimum atomic E-state index is 0.0570. The fraction of sp³-hybridized carbons (Fsp3) is 0.429. The lowest BCUT2D eigenvalue weighted by Gasteiger charge is -2.34. The first kappa shape index (κ1) is 20.1. The van der Waals surface area contributed by atoms with Crippen molar-refractivity contribution in [1.29, 1.82) is 0 Å². The average Bonchev–Trinajstić information content (AvgIpc) is 3.39. The highest BCUT2D eigenvalue weighted by atomic mass is 16.5. The van der Waals surface area contributed by atoms with Gasteiger partial charge >= 0.3 is 0 Å². The summed E-state index contributed by atoms with van der Waals surface area (Å²) in [6.45, 7) is 9.24. The number of piperazine rings is 1. The van der Waals surface area contributed by atoms with Crippen LogP contribution in [0.3, 0.4) is 0 Å². The van der Waals surface area contributed by atoms with Crippen molar-refractivity contribution in [3.8, 4) is 22.8 Å². The molecule has 1 aliphatic rings. The smallest absolute Gasteiger partial charge is 0.234 e.